The first kappa shape index (κ1) is 13.3. The predicted molar refractivity (Wildman–Crippen MR) is 64.5 cm³/mol. The minimum atomic E-state index is 1.03. The highest BCUT2D eigenvalue weighted by Crippen LogP contribution is 2.11. The van der Waals surface area contributed by atoms with Crippen molar-refractivity contribution in [1.82, 2.24) is 0 Å². The molecule has 0 spiro atoms. The second-order valence-corrected chi connectivity index (χ2v) is 4.41. The Kier molecular flexibility index (Phi) is 7.87. The molecular formula is C11H26NS+. The third kappa shape index (κ3) is 4.92. The summed E-state index contributed by atoms with van der Waals surface area (Å²) >= 11 is 4.38. The average Bonchev–Trinajstić information content (AvgIpc) is 2.06. The van der Waals surface area contributed by atoms with Crippen molar-refractivity contribution in [2.45, 2.75) is 40.0 Å². The standard InChI is InChI=1S/C11H25NS/c1-4-7-12(8-5-2,9-6-3)10-11-13/h4-11H2,1-3H3/p+1. The number of nitrogens with zero attached hydrogens (tertiary/aromatic N) is 1. The fraction of sp³-hybridized carbons (Fsp3) is 1.00. The first-order valence-electron chi connectivity index (χ1n) is 5.70. The Morgan fingerprint density at radius 3 is 1.38 bits per heavy atom. The first-order chi connectivity index (χ1) is 6.24. The minimum absolute atomic E-state index is 1.03. The molecule has 13 heavy (non-hydrogen) atoms. The second kappa shape index (κ2) is 7.69. The molecule has 0 heterocycles. The van der Waals surface area contributed by atoms with Gasteiger partial charge >= 0.3 is 0 Å². The Labute approximate surface area is 89.5 Å². The van der Waals surface area contributed by atoms with E-state index in [1.807, 2.05) is 0 Å². The lowest BCUT2D eigenvalue weighted by Gasteiger charge is -2.38. The molecule has 0 saturated heterocycles. The Morgan fingerprint density at radius 2 is 1.15 bits per heavy atom. The molecule has 0 amide bonds. The molecule has 80 valence electrons. The largest absolute Gasteiger partial charge is 0.323 e. The summed E-state index contributed by atoms with van der Waals surface area (Å²) in [6.07, 6.45) is 3.90. The van der Waals surface area contributed by atoms with Crippen LogP contribution >= 0.6 is 12.6 Å². The van der Waals surface area contributed by atoms with Gasteiger partial charge in [0.1, 0.15) is 0 Å². The van der Waals surface area contributed by atoms with Gasteiger partial charge in [-0.2, -0.15) is 12.6 Å². The highest BCUT2D eigenvalue weighted by atomic mass is 32.1. The second-order valence-electron chi connectivity index (χ2n) is 3.96. The quantitative estimate of drug-likeness (QED) is 0.456. The lowest BCUT2D eigenvalue weighted by atomic mass is 10.2. The van der Waals surface area contributed by atoms with Crippen LogP contribution in [0.15, 0.2) is 0 Å². The van der Waals surface area contributed by atoms with Crippen LogP contribution in [0, 0.1) is 0 Å². The monoisotopic (exact) mass is 204 g/mol. The normalized spacial score (nSPS) is 12.0. The van der Waals surface area contributed by atoms with Gasteiger partial charge in [0.25, 0.3) is 0 Å². The van der Waals surface area contributed by atoms with Crippen LogP contribution in [-0.2, 0) is 0 Å². The van der Waals surface area contributed by atoms with Crippen LogP contribution in [0.5, 0.6) is 0 Å². The lowest BCUT2D eigenvalue weighted by molar-refractivity contribution is -0.926. The van der Waals surface area contributed by atoms with Crippen molar-refractivity contribution in [2.24, 2.45) is 0 Å². The van der Waals surface area contributed by atoms with E-state index in [-0.39, 0.29) is 0 Å². The predicted octanol–water partition coefficient (Wildman–Crippen LogP) is 2.96. The Hall–Kier alpha value is 0.310. The maximum absolute atomic E-state index is 4.38. The summed E-state index contributed by atoms with van der Waals surface area (Å²) in [5.41, 5.74) is 0. The third-order valence-electron chi connectivity index (χ3n) is 2.67. The summed E-state index contributed by atoms with van der Waals surface area (Å²) in [5.74, 6) is 1.03. The number of quaternary nitrogens is 1. The number of rotatable bonds is 8. The molecule has 0 atom stereocenters. The van der Waals surface area contributed by atoms with Crippen LogP contribution in [0.1, 0.15) is 40.0 Å². The van der Waals surface area contributed by atoms with Crippen molar-refractivity contribution < 1.29 is 4.48 Å². The zero-order valence-electron chi connectivity index (χ0n) is 9.55. The summed E-state index contributed by atoms with van der Waals surface area (Å²) in [7, 11) is 0. The van der Waals surface area contributed by atoms with E-state index < -0.39 is 0 Å². The molecule has 0 radical (unpaired) electrons. The summed E-state index contributed by atoms with van der Waals surface area (Å²) in [6.45, 7) is 12.1. The molecule has 0 aliphatic carbocycles. The molecule has 0 aromatic heterocycles. The molecule has 0 aromatic carbocycles. The third-order valence-corrected chi connectivity index (χ3v) is 2.87. The van der Waals surface area contributed by atoms with Gasteiger partial charge in [0.15, 0.2) is 0 Å². The van der Waals surface area contributed by atoms with Gasteiger partial charge in [-0.3, -0.25) is 0 Å². The van der Waals surface area contributed by atoms with E-state index in [9.17, 15) is 0 Å². The summed E-state index contributed by atoms with van der Waals surface area (Å²) in [6, 6.07) is 0. The van der Waals surface area contributed by atoms with Crippen molar-refractivity contribution >= 4 is 12.6 Å². The molecule has 0 aliphatic heterocycles. The number of hydrogen-bond donors (Lipinski definition) is 1. The van der Waals surface area contributed by atoms with Gasteiger partial charge in [0, 0.05) is 5.75 Å². The van der Waals surface area contributed by atoms with Gasteiger partial charge in [-0.1, -0.05) is 20.8 Å². The zero-order chi connectivity index (χ0) is 10.2. The van der Waals surface area contributed by atoms with Crippen molar-refractivity contribution in [3.05, 3.63) is 0 Å². The van der Waals surface area contributed by atoms with Gasteiger partial charge < -0.3 is 4.48 Å². The minimum Gasteiger partial charge on any atom is -0.323 e. The van der Waals surface area contributed by atoms with E-state index in [0.29, 0.717) is 0 Å². The fourth-order valence-corrected chi connectivity index (χ4v) is 2.73. The highest BCUT2D eigenvalue weighted by molar-refractivity contribution is 7.80. The van der Waals surface area contributed by atoms with E-state index in [1.165, 1.54) is 49.9 Å². The topological polar surface area (TPSA) is 0 Å². The molecule has 0 N–H and O–H groups in total. The zero-order valence-corrected chi connectivity index (χ0v) is 10.4. The Bertz CT molecular complexity index is 85.1. The SMILES string of the molecule is CCC[N+](CCC)(CCC)CCS. The Balaban J connectivity index is 4.19. The smallest absolute Gasteiger partial charge is 0.0876 e. The molecule has 0 unspecified atom stereocenters. The summed E-state index contributed by atoms with van der Waals surface area (Å²) in [4.78, 5) is 0. The molecular weight excluding hydrogens is 178 g/mol. The number of hydrogen-bond acceptors (Lipinski definition) is 1. The van der Waals surface area contributed by atoms with Gasteiger partial charge in [-0.25, -0.2) is 0 Å². The Morgan fingerprint density at radius 1 is 0.769 bits per heavy atom. The molecule has 0 fully saturated rings. The van der Waals surface area contributed by atoms with E-state index in [0.717, 1.165) is 5.75 Å². The molecule has 0 bridgehead atoms. The highest BCUT2D eigenvalue weighted by Gasteiger charge is 2.22. The van der Waals surface area contributed by atoms with Crippen LogP contribution in [0.25, 0.3) is 0 Å². The van der Waals surface area contributed by atoms with Gasteiger partial charge in [0.05, 0.1) is 26.2 Å². The maximum atomic E-state index is 4.38. The van der Waals surface area contributed by atoms with E-state index in [4.69, 9.17) is 0 Å². The van der Waals surface area contributed by atoms with Crippen molar-refractivity contribution in [3.8, 4) is 0 Å². The average molecular weight is 204 g/mol. The van der Waals surface area contributed by atoms with Crippen molar-refractivity contribution in [2.75, 3.05) is 31.9 Å². The van der Waals surface area contributed by atoms with Crippen LogP contribution in [0.4, 0.5) is 0 Å². The van der Waals surface area contributed by atoms with Crippen LogP contribution in [-0.4, -0.2) is 36.4 Å². The molecule has 0 aromatic rings. The van der Waals surface area contributed by atoms with E-state index in [2.05, 4.69) is 33.4 Å². The molecule has 2 heteroatoms. The summed E-state index contributed by atoms with van der Waals surface area (Å²) < 4.78 is 1.30. The van der Waals surface area contributed by atoms with E-state index in [1.54, 1.807) is 0 Å². The van der Waals surface area contributed by atoms with Crippen LogP contribution < -0.4 is 0 Å². The fourth-order valence-electron chi connectivity index (χ4n) is 2.31. The van der Waals surface area contributed by atoms with Crippen molar-refractivity contribution in [3.63, 3.8) is 0 Å². The van der Waals surface area contributed by atoms with Crippen molar-refractivity contribution in [1.29, 1.82) is 0 Å². The molecule has 0 saturated carbocycles. The molecule has 0 rings (SSSR count). The molecule has 0 aliphatic rings. The van der Waals surface area contributed by atoms with Gasteiger partial charge in [-0.15, -0.1) is 0 Å². The van der Waals surface area contributed by atoms with Gasteiger partial charge in [0.2, 0.25) is 0 Å². The molecule has 1 nitrogen and oxygen atoms in total. The maximum Gasteiger partial charge on any atom is 0.0876 e. The van der Waals surface area contributed by atoms with Gasteiger partial charge in [-0.05, 0) is 19.3 Å². The lowest BCUT2D eigenvalue weighted by Crippen LogP contribution is -2.50. The number of thiol groups is 1. The van der Waals surface area contributed by atoms with Crippen LogP contribution in [0.2, 0.25) is 0 Å². The summed E-state index contributed by atoms with van der Waals surface area (Å²) in [5, 5.41) is 0. The van der Waals surface area contributed by atoms with Crippen LogP contribution in [0.3, 0.4) is 0 Å². The van der Waals surface area contributed by atoms with E-state index >= 15 is 0 Å². The first-order valence-corrected chi connectivity index (χ1v) is 6.33.